The summed E-state index contributed by atoms with van der Waals surface area (Å²) in [6.45, 7) is 3.66. The number of carbonyl (C=O) groups excluding carboxylic acids is 1. The first kappa shape index (κ1) is 10.9. The van der Waals surface area contributed by atoms with Crippen LogP contribution in [0.5, 0.6) is 0 Å². The Kier molecular flexibility index (Phi) is 3.59. The van der Waals surface area contributed by atoms with Gasteiger partial charge in [0.25, 0.3) is 0 Å². The molecule has 1 saturated carbocycles. The van der Waals surface area contributed by atoms with Crippen molar-refractivity contribution in [2.75, 3.05) is 33.2 Å². The molecule has 0 aromatic rings. The summed E-state index contributed by atoms with van der Waals surface area (Å²) in [7, 11) is 1.97. The van der Waals surface area contributed by atoms with Crippen molar-refractivity contribution in [1.82, 2.24) is 15.5 Å². The molecule has 1 aliphatic carbocycles. The second-order valence-electron chi connectivity index (χ2n) is 4.51. The van der Waals surface area contributed by atoms with E-state index in [4.69, 9.17) is 0 Å². The van der Waals surface area contributed by atoms with Crippen LogP contribution in [-0.4, -0.2) is 50.1 Å². The SMILES string of the molecule is CNC1CCCC1C(=O)N1CCNCC1. The van der Waals surface area contributed by atoms with Crippen molar-refractivity contribution >= 4 is 5.91 Å². The van der Waals surface area contributed by atoms with Crippen molar-refractivity contribution < 1.29 is 4.79 Å². The van der Waals surface area contributed by atoms with Crippen LogP contribution in [-0.2, 0) is 4.79 Å². The minimum atomic E-state index is 0.230. The second kappa shape index (κ2) is 4.94. The van der Waals surface area contributed by atoms with Crippen molar-refractivity contribution in [2.45, 2.75) is 25.3 Å². The average molecular weight is 211 g/mol. The number of nitrogens with one attached hydrogen (secondary N) is 2. The lowest BCUT2D eigenvalue weighted by atomic mass is 10.0. The number of hydrogen-bond acceptors (Lipinski definition) is 3. The Morgan fingerprint density at radius 2 is 2.07 bits per heavy atom. The molecule has 0 aromatic heterocycles. The van der Waals surface area contributed by atoms with E-state index in [1.54, 1.807) is 0 Å². The third-order valence-corrected chi connectivity index (χ3v) is 3.63. The van der Waals surface area contributed by atoms with Crippen molar-refractivity contribution in [3.05, 3.63) is 0 Å². The van der Waals surface area contributed by atoms with Gasteiger partial charge in [-0.25, -0.2) is 0 Å². The van der Waals surface area contributed by atoms with Gasteiger partial charge in [-0.3, -0.25) is 4.79 Å². The monoisotopic (exact) mass is 211 g/mol. The molecule has 1 aliphatic heterocycles. The Balaban J connectivity index is 1.93. The molecular weight excluding hydrogens is 190 g/mol. The molecule has 1 amide bonds. The lowest BCUT2D eigenvalue weighted by Crippen LogP contribution is -2.50. The summed E-state index contributed by atoms with van der Waals surface area (Å²) in [5.74, 6) is 0.599. The molecule has 0 aromatic carbocycles. The standard InChI is InChI=1S/C11H21N3O/c1-12-10-4-2-3-9(10)11(15)14-7-5-13-6-8-14/h9-10,12-13H,2-8H2,1H3. The lowest BCUT2D eigenvalue weighted by Gasteiger charge is -2.31. The molecule has 4 nitrogen and oxygen atoms in total. The predicted molar refractivity (Wildman–Crippen MR) is 59.6 cm³/mol. The van der Waals surface area contributed by atoms with Gasteiger partial charge < -0.3 is 15.5 Å². The molecule has 2 N–H and O–H groups in total. The Bertz CT molecular complexity index is 226. The molecular formula is C11H21N3O. The minimum absolute atomic E-state index is 0.230. The van der Waals surface area contributed by atoms with Gasteiger partial charge in [0.05, 0.1) is 5.92 Å². The molecule has 0 spiro atoms. The van der Waals surface area contributed by atoms with Gasteiger partial charge in [-0.1, -0.05) is 6.42 Å². The molecule has 0 bridgehead atoms. The van der Waals surface area contributed by atoms with Crippen LogP contribution in [0.15, 0.2) is 0 Å². The first-order valence-electron chi connectivity index (χ1n) is 5.99. The molecule has 1 heterocycles. The van der Waals surface area contributed by atoms with Gasteiger partial charge in [-0.15, -0.1) is 0 Å². The van der Waals surface area contributed by atoms with Crippen LogP contribution in [0.2, 0.25) is 0 Å². The Morgan fingerprint density at radius 1 is 1.33 bits per heavy atom. The average Bonchev–Trinajstić information content (AvgIpc) is 2.77. The second-order valence-corrected chi connectivity index (χ2v) is 4.51. The van der Waals surface area contributed by atoms with Crippen LogP contribution in [0, 0.1) is 5.92 Å². The Morgan fingerprint density at radius 3 is 2.73 bits per heavy atom. The zero-order chi connectivity index (χ0) is 10.7. The first-order valence-corrected chi connectivity index (χ1v) is 5.99. The summed E-state index contributed by atoms with van der Waals surface area (Å²) in [6.07, 6.45) is 3.40. The van der Waals surface area contributed by atoms with E-state index >= 15 is 0 Å². The smallest absolute Gasteiger partial charge is 0.227 e. The molecule has 0 radical (unpaired) electrons. The van der Waals surface area contributed by atoms with Crippen molar-refractivity contribution in [3.8, 4) is 0 Å². The van der Waals surface area contributed by atoms with Crippen molar-refractivity contribution in [2.24, 2.45) is 5.92 Å². The fourth-order valence-electron chi connectivity index (χ4n) is 2.72. The molecule has 86 valence electrons. The van der Waals surface area contributed by atoms with E-state index in [0.717, 1.165) is 39.0 Å². The van der Waals surface area contributed by atoms with E-state index in [1.165, 1.54) is 6.42 Å². The zero-order valence-electron chi connectivity index (χ0n) is 9.46. The van der Waals surface area contributed by atoms with Gasteiger partial charge in [-0.2, -0.15) is 0 Å². The van der Waals surface area contributed by atoms with Crippen molar-refractivity contribution in [3.63, 3.8) is 0 Å². The lowest BCUT2D eigenvalue weighted by molar-refractivity contribution is -0.136. The maximum atomic E-state index is 12.2. The van der Waals surface area contributed by atoms with Crippen molar-refractivity contribution in [1.29, 1.82) is 0 Å². The summed E-state index contributed by atoms with van der Waals surface area (Å²) < 4.78 is 0. The third kappa shape index (κ3) is 2.32. The molecule has 4 heteroatoms. The largest absolute Gasteiger partial charge is 0.340 e. The van der Waals surface area contributed by atoms with Crippen LogP contribution in [0.1, 0.15) is 19.3 Å². The molecule has 2 aliphatic rings. The number of piperazine rings is 1. The number of rotatable bonds is 2. The van der Waals surface area contributed by atoms with E-state index in [-0.39, 0.29) is 5.92 Å². The summed E-state index contributed by atoms with van der Waals surface area (Å²) in [6, 6.07) is 0.410. The van der Waals surface area contributed by atoms with E-state index in [2.05, 4.69) is 10.6 Å². The highest BCUT2D eigenvalue weighted by atomic mass is 16.2. The fraction of sp³-hybridized carbons (Fsp3) is 0.909. The molecule has 2 fully saturated rings. The van der Waals surface area contributed by atoms with Gasteiger partial charge in [0.15, 0.2) is 0 Å². The van der Waals surface area contributed by atoms with Crippen LogP contribution in [0.3, 0.4) is 0 Å². The van der Waals surface area contributed by atoms with Gasteiger partial charge in [0, 0.05) is 32.2 Å². The molecule has 2 rings (SSSR count). The number of hydrogen-bond donors (Lipinski definition) is 2. The van der Waals surface area contributed by atoms with Gasteiger partial charge in [0.1, 0.15) is 0 Å². The summed E-state index contributed by atoms with van der Waals surface area (Å²) in [4.78, 5) is 14.3. The number of amides is 1. The first-order chi connectivity index (χ1) is 7.33. The van der Waals surface area contributed by atoms with E-state index in [9.17, 15) is 4.79 Å². The normalized spacial score (nSPS) is 31.9. The number of carbonyl (C=O) groups is 1. The fourth-order valence-corrected chi connectivity index (χ4v) is 2.72. The van der Waals surface area contributed by atoms with Crippen LogP contribution >= 0.6 is 0 Å². The van der Waals surface area contributed by atoms with E-state index in [1.807, 2.05) is 11.9 Å². The van der Waals surface area contributed by atoms with Crippen LogP contribution < -0.4 is 10.6 Å². The summed E-state index contributed by atoms with van der Waals surface area (Å²) in [5, 5.41) is 6.55. The minimum Gasteiger partial charge on any atom is -0.340 e. The topological polar surface area (TPSA) is 44.4 Å². The molecule has 1 saturated heterocycles. The van der Waals surface area contributed by atoms with Gasteiger partial charge in [-0.05, 0) is 19.9 Å². The molecule has 2 unspecified atom stereocenters. The summed E-state index contributed by atoms with van der Waals surface area (Å²) in [5.41, 5.74) is 0. The molecule has 15 heavy (non-hydrogen) atoms. The van der Waals surface area contributed by atoms with Crippen LogP contribution in [0.25, 0.3) is 0 Å². The Labute approximate surface area is 91.4 Å². The highest BCUT2D eigenvalue weighted by Crippen LogP contribution is 2.27. The predicted octanol–water partition coefficient (Wildman–Crippen LogP) is -0.194. The Hall–Kier alpha value is -0.610. The zero-order valence-corrected chi connectivity index (χ0v) is 9.46. The quantitative estimate of drug-likeness (QED) is 0.665. The van der Waals surface area contributed by atoms with Gasteiger partial charge in [0.2, 0.25) is 5.91 Å². The number of nitrogens with zero attached hydrogens (tertiary/aromatic N) is 1. The molecule has 2 atom stereocenters. The van der Waals surface area contributed by atoms with E-state index in [0.29, 0.717) is 11.9 Å². The highest BCUT2D eigenvalue weighted by molar-refractivity contribution is 5.80. The maximum Gasteiger partial charge on any atom is 0.227 e. The maximum absolute atomic E-state index is 12.2. The third-order valence-electron chi connectivity index (χ3n) is 3.63. The highest BCUT2D eigenvalue weighted by Gasteiger charge is 2.34. The summed E-state index contributed by atoms with van der Waals surface area (Å²) >= 11 is 0. The van der Waals surface area contributed by atoms with Gasteiger partial charge >= 0.3 is 0 Å². The van der Waals surface area contributed by atoms with E-state index < -0.39 is 0 Å². The van der Waals surface area contributed by atoms with Crippen LogP contribution in [0.4, 0.5) is 0 Å².